The molecule has 0 saturated carbocycles. The number of likely N-dealkylation sites (N-methyl/N-ethyl adjacent to an activating group) is 1. The zero-order valence-electron chi connectivity index (χ0n) is 13.8. The molecule has 1 aliphatic rings. The maximum absolute atomic E-state index is 6.06. The molecular weight excluding hydrogens is 284 g/mol. The summed E-state index contributed by atoms with van der Waals surface area (Å²) >= 11 is 6.06. The SMILES string of the molecule is CC.CN1CCC(N(C)CCOc2ccccc2Cl)CC1. The van der Waals surface area contributed by atoms with Crippen LogP contribution >= 0.6 is 11.6 Å². The minimum atomic E-state index is 0.685. The molecule has 1 aromatic carbocycles. The molecule has 1 heterocycles. The molecule has 120 valence electrons. The summed E-state index contributed by atoms with van der Waals surface area (Å²) in [6.07, 6.45) is 2.50. The molecule has 1 aliphatic heterocycles. The van der Waals surface area contributed by atoms with Crippen LogP contribution in [-0.4, -0.2) is 56.2 Å². The third-order valence-corrected chi connectivity index (χ3v) is 4.16. The van der Waals surface area contributed by atoms with Crippen molar-refractivity contribution in [3.63, 3.8) is 0 Å². The second kappa shape index (κ2) is 10.0. The van der Waals surface area contributed by atoms with Crippen molar-refractivity contribution in [2.24, 2.45) is 0 Å². The molecule has 1 fully saturated rings. The average molecular weight is 313 g/mol. The number of piperidine rings is 1. The summed E-state index contributed by atoms with van der Waals surface area (Å²) in [5, 5.41) is 0.685. The van der Waals surface area contributed by atoms with Crippen molar-refractivity contribution in [3.05, 3.63) is 29.3 Å². The van der Waals surface area contributed by atoms with E-state index >= 15 is 0 Å². The van der Waals surface area contributed by atoms with E-state index in [4.69, 9.17) is 16.3 Å². The molecule has 1 saturated heterocycles. The van der Waals surface area contributed by atoms with E-state index in [-0.39, 0.29) is 0 Å². The van der Waals surface area contributed by atoms with Crippen LogP contribution in [-0.2, 0) is 0 Å². The van der Waals surface area contributed by atoms with E-state index in [1.165, 1.54) is 25.9 Å². The number of likely N-dealkylation sites (tertiary alicyclic amines) is 1. The molecule has 1 aromatic rings. The van der Waals surface area contributed by atoms with Crippen molar-refractivity contribution in [1.82, 2.24) is 9.80 Å². The van der Waals surface area contributed by atoms with Gasteiger partial charge in [0.15, 0.2) is 0 Å². The molecule has 0 amide bonds. The van der Waals surface area contributed by atoms with Gasteiger partial charge in [0.2, 0.25) is 0 Å². The first kappa shape index (κ1) is 18.3. The maximum Gasteiger partial charge on any atom is 0.137 e. The zero-order valence-corrected chi connectivity index (χ0v) is 14.6. The highest BCUT2D eigenvalue weighted by molar-refractivity contribution is 6.32. The second-order valence-corrected chi connectivity index (χ2v) is 5.70. The minimum Gasteiger partial charge on any atom is -0.491 e. The van der Waals surface area contributed by atoms with Crippen LogP contribution in [0.1, 0.15) is 26.7 Å². The van der Waals surface area contributed by atoms with Gasteiger partial charge in [-0.3, -0.25) is 4.90 Å². The van der Waals surface area contributed by atoms with Gasteiger partial charge in [-0.05, 0) is 52.2 Å². The van der Waals surface area contributed by atoms with Gasteiger partial charge in [-0.25, -0.2) is 0 Å². The molecule has 0 N–H and O–H groups in total. The lowest BCUT2D eigenvalue weighted by molar-refractivity contribution is 0.127. The summed E-state index contributed by atoms with van der Waals surface area (Å²) in [6, 6.07) is 8.32. The number of para-hydroxylation sites is 1. The number of halogens is 1. The van der Waals surface area contributed by atoms with Crippen molar-refractivity contribution in [2.75, 3.05) is 40.3 Å². The van der Waals surface area contributed by atoms with E-state index in [9.17, 15) is 0 Å². The quantitative estimate of drug-likeness (QED) is 0.823. The van der Waals surface area contributed by atoms with Gasteiger partial charge in [-0.1, -0.05) is 37.6 Å². The number of hydrogen-bond acceptors (Lipinski definition) is 3. The Balaban J connectivity index is 0.00000106. The first-order valence-corrected chi connectivity index (χ1v) is 8.30. The van der Waals surface area contributed by atoms with Crippen LogP contribution < -0.4 is 4.74 Å². The molecule has 3 nitrogen and oxygen atoms in total. The zero-order chi connectivity index (χ0) is 15.7. The van der Waals surface area contributed by atoms with Crippen molar-refractivity contribution >= 4 is 11.6 Å². The summed E-state index contributed by atoms with van der Waals surface area (Å²) in [5.74, 6) is 0.779. The van der Waals surface area contributed by atoms with Crippen LogP contribution in [0.25, 0.3) is 0 Å². The predicted molar refractivity (Wildman–Crippen MR) is 91.4 cm³/mol. The summed E-state index contributed by atoms with van der Waals surface area (Å²) in [7, 11) is 4.38. The Morgan fingerprint density at radius 1 is 1.24 bits per heavy atom. The summed E-state index contributed by atoms with van der Waals surface area (Å²) in [6.45, 7) is 8.02. The Bertz CT molecular complexity index is 392. The van der Waals surface area contributed by atoms with E-state index in [1.54, 1.807) is 0 Å². The van der Waals surface area contributed by atoms with Crippen LogP contribution in [0.2, 0.25) is 5.02 Å². The fourth-order valence-electron chi connectivity index (χ4n) is 2.48. The Hall–Kier alpha value is -0.770. The molecule has 0 aliphatic carbocycles. The molecule has 0 atom stereocenters. The molecule has 2 rings (SSSR count). The molecule has 0 bridgehead atoms. The second-order valence-electron chi connectivity index (χ2n) is 5.29. The lowest BCUT2D eigenvalue weighted by atomic mass is 10.0. The number of benzene rings is 1. The lowest BCUT2D eigenvalue weighted by Crippen LogP contribution is -2.43. The normalized spacial score (nSPS) is 16.5. The van der Waals surface area contributed by atoms with Gasteiger partial charge in [-0.15, -0.1) is 0 Å². The third-order valence-electron chi connectivity index (χ3n) is 3.85. The van der Waals surface area contributed by atoms with Gasteiger partial charge >= 0.3 is 0 Å². The fraction of sp³-hybridized carbons (Fsp3) is 0.647. The van der Waals surface area contributed by atoms with E-state index in [2.05, 4.69) is 23.9 Å². The molecular formula is C17H29ClN2O. The summed E-state index contributed by atoms with van der Waals surface area (Å²) in [5.41, 5.74) is 0. The number of rotatable bonds is 5. The molecule has 0 aromatic heterocycles. The number of ether oxygens (including phenoxy) is 1. The van der Waals surface area contributed by atoms with Crippen LogP contribution in [0.4, 0.5) is 0 Å². The van der Waals surface area contributed by atoms with Gasteiger partial charge in [0, 0.05) is 12.6 Å². The Morgan fingerprint density at radius 2 is 1.86 bits per heavy atom. The van der Waals surface area contributed by atoms with Gasteiger partial charge < -0.3 is 9.64 Å². The Kier molecular flexibility index (Phi) is 8.74. The van der Waals surface area contributed by atoms with Gasteiger partial charge in [0.05, 0.1) is 5.02 Å². The highest BCUT2D eigenvalue weighted by atomic mass is 35.5. The first-order valence-electron chi connectivity index (χ1n) is 7.93. The fourth-order valence-corrected chi connectivity index (χ4v) is 2.67. The van der Waals surface area contributed by atoms with Crippen LogP contribution in [0.3, 0.4) is 0 Å². The Morgan fingerprint density at radius 3 is 2.48 bits per heavy atom. The summed E-state index contributed by atoms with van der Waals surface area (Å²) < 4.78 is 5.74. The highest BCUT2D eigenvalue weighted by Gasteiger charge is 2.20. The van der Waals surface area contributed by atoms with Gasteiger partial charge in [0.25, 0.3) is 0 Å². The monoisotopic (exact) mass is 312 g/mol. The van der Waals surface area contributed by atoms with Crippen LogP contribution in [0, 0.1) is 0 Å². The molecule has 4 heteroatoms. The van der Waals surface area contributed by atoms with Crippen molar-refractivity contribution in [1.29, 1.82) is 0 Å². The number of hydrogen-bond donors (Lipinski definition) is 0. The van der Waals surface area contributed by atoms with Gasteiger partial charge in [-0.2, -0.15) is 0 Å². The number of nitrogens with zero attached hydrogens (tertiary/aromatic N) is 2. The van der Waals surface area contributed by atoms with Crippen molar-refractivity contribution in [2.45, 2.75) is 32.7 Å². The Labute approximate surface area is 134 Å². The molecule has 21 heavy (non-hydrogen) atoms. The molecule has 0 radical (unpaired) electrons. The smallest absolute Gasteiger partial charge is 0.137 e. The van der Waals surface area contributed by atoms with E-state index < -0.39 is 0 Å². The van der Waals surface area contributed by atoms with E-state index in [1.807, 2.05) is 38.1 Å². The predicted octanol–water partition coefficient (Wildman–Crippen LogP) is 3.77. The summed E-state index contributed by atoms with van der Waals surface area (Å²) in [4.78, 5) is 4.80. The topological polar surface area (TPSA) is 15.7 Å². The van der Waals surface area contributed by atoms with Gasteiger partial charge in [0.1, 0.15) is 12.4 Å². The average Bonchev–Trinajstić information content (AvgIpc) is 2.52. The van der Waals surface area contributed by atoms with E-state index in [0.717, 1.165) is 12.3 Å². The van der Waals surface area contributed by atoms with Crippen molar-refractivity contribution in [3.8, 4) is 5.75 Å². The highest BCUT2D eigenvalue weighted by Crippen LogP contribution is 2.23. The molecule has 0 spiro atoms. The van der Waals surface area contributed by atoms with Crippen LogP contribution in [0.15, 0.2) is 24.3 Å². The third kappa shape index (κ3) is 6.25. The minimum absolute atomic E-state index is 0.685. The lowest BCUT2D eigenvalue weighted by Gasteiger charge is -2.35. The van der Waals surface area contributed by atoms with Crippen molar-refractivity contribution < 1.29 is 4.74 Å². The largest absolute Gasteiger partial charge is 0.491 e. The van der Waals surface area contributed by atoms with Crippen LogP contribution in [0.5, 0.6) is 5.75 Å². The van der Waals surface area contributed by atoms with E-state index in [0.29, 0.717) is 17.7 Å². The standard InChI is InChI=1S/C15H23ClN2O.C2H6/c1-17-9-7-13(8-10-17)18(2)11-12-19-15-6-4-3-5-14(15)16;1-2/h3-6,13H,7-12H2,1-2H3;1-2H3. The maximum atomic E-state index is 6.06. The molecule has 0 unspecified atom stereocenters. The first-order chi connectivity index (χ1) is 10.2.